The lowest BCUT2D eigenvalue weighted by Crippen LogP contribution is -2.53. The quantitative estimate of drug-likeness (QED) is 0.871. The van der Waals surface area contributed by atoms with Gasteiger partial charge < -0.3 is 11.1 Å². The van der Waals surface area contributed by atoms with Gasteiger partial charge in [-0.1, -0.05) is 35.7 Å². The summed E-state index contributed by atoms with van der Waals surface area (Å²) in [5, 5.41) is 3.93. The molecule has 0 aliphatic heterocycles. The van der Waals surface area contributed by atoms with E-state index in [0.29, 0.717) is 27.4 Å². The molecule has 1 aromatic rings. The maximum atomic E-state index is 12.5. The standard InChI is InChI=1S/C16H20Cl2N2O/c17-13-6-2-5-12(14(13)18)16(21)20-15-9-3-1-4-10(15)8-11(19)7-9/h2,5-6,9-11,15H,1,3-4,7-8,19H2,(H,20,21). The van der Waals surface area contributed by atoms with E-state index in [2.05, 4.69) is 5.32 Å². The number of benzene rings is 1. The molecule has 0 radical (unpaired) electrons. The molecule has 1 amide bonds. The molecule has 114 valence electrons. The first-order chi connectivity index (χ1) is 10.1. The van der Waals surface area contributed by atoms with E-state index in [-0.39, 0.29) is 18.0 Å². The van der Waals surface area contributed by atoms with Crippen LogP contribution < -0.4 is 11.1 Å². The van der Waals surface area contributed by atoms with Crippen molar-refractivity contribution < 1.29 is 4.79 Å². The Hall–Kier alpha value is -0.770. The molecule has 2 atom stereocenters. The van der Waals surface area contributed by atoms with E-state index in [1.165, 1.54) is 6.42 Å². The number of carbonyl (C=O) groups excluding carboxylic acids is 1. The first-order valence-electron chi connectivity index (χ1n) is 7.56. The molecule has 2 aliphatic rings. The summed E-state index contributed by atoms with van der Waals surface area (Å²) in [5.74, 6) is 0.865. The summed E-state index contributed by atoms with van der Waals surface area (Å²) in [6.07, 6.45) is 5.55. The number of hydrogen-bond donors (Lipinski definition) is 2. The second-order valence-electron chi connectivity index (χ2n) is 6.28. The van der Waals surface area contributed by atoms with Crippen LogP contribution >= 0.6 is 23.2 Å². The van der Waals surface area contributed by atoms with Gasteiger partial charge in [-0.05, 0) is 49.7 Å². The van der Waals surface area contributed by atoms with E-state index in [1.54, 1.807) is 18.2 Å². The minimum absolute atomic E-state index is 0.125. The van der Waals surface area contributed by atoms with Crippen LogP contribution in [0.3, 0.4) is 0 Å². The fraction of sp³-hybridized carbons (Fsp3) is 0.562. The lowest BCUT2D eigenvalue weighted by atomic mass is 9.67. The number of nitrogens with two attached hydrogens (primary N) is 1. The van der Waals surface area contributed by atoms with Crippen molar-refractivity contribution in [1.82, 2.24) is 5.32 Å². The van der Waals surface area contributed by atoms with Gasteiger partial charge in [-0.25, -0.2) is 0 Å². The molecule has 0 aromatic heterocycles. The van der Waals surface area contributed by atoms with Crippen LogP contribution in [0.4, 0.5) is 0 Å². The van der Waals surface area contributed by atoms with Crippen molar-refractivity contribution in [3.63, 3.8) is 0 Å². The molecule has 2 aliphatic carbocycles. The van der Waals surface area contributed by atoms with Gasteiger partial charge in [0.1, 0.15) is 0 Å². The first kappa shape index (κ1) is 15.1. The summed E-state index contributed by atoms with van der Waals surface area (Å²) in [5.41, 5.74) is 6.58. The highest BCUT2D eigenvalue weighted by Crippen LogP contribution is 2.40. The zero-order valence-corrected chi connectivity index (χ0v) is 13.3. The highest BCUT2D eigenvalue weighted by Gasteiger charge is 2.40. The van der Waals surface area contributed by atoms with Crippen molar-refractivity contribution >= 4 is 29.1 Å². The molecule has 3 nitrogen and oxygen atoms in total. The Bertz CT molecular complexity index is 535. The van der Waals surface area contributed by atoms with Crippen molar-refractivity contribution in [3.05, 3.63) is 33.8 Å². The third-order valence-electron chi connectivity index (χ3n) is 4.87. The van der Waals surface area contributed by atoms with Crippen molar-refractivity contribution in [2.75, 3.05) is 0 Å². The number of nitrogens with one attached hydrogen (secondary N) is 1. The molecule has 3 N–H and O–H groups in total. The number of fused-ring (bicyclic) bond motifs is 2. The molecule has 1 aromatic carbocycles. The molecular weight excluding hydrogens is 307 g/mol. The predicted molar refractivity (Wildman–Crippen MR) is 85.8 cm³/mol. The molecule has 3 rings (SSSR count). The van der Waals surface area contributed by atoms with E-state index in [9.17, 15) is 4.79 Å². The molecule has 0 heterocycles. The topological polar surface area (TPSA) is 55.1 Å². The van der Waals surface area contributed by atoms with Gasteiger partial charge in [0.25, 0.3) is 5.91 Å². The summed E-state index contributed by atoms with van der Waals surface area (Å²) >= 11 is 12.1. The molecule has 2 fully saturated rings. The van der Waals surface area contributed by atoms with Gasteiger partial charge in [-0.2, -0.15) is 0 Å². The molecular formula is C16H20Cl2N2O. The molecule has 2 bridgehead atoms. The van der Waals surface area contributed by atoms with Crippen molar-refractivity contribution in [2.45, 2.75) is 44.2 Å². The SMILES string of the molecule is NC1CC2CCCC(C1)C2NC(=O)c1cccc(Cl)c1Cl. The van der Waals surface area contributed by atoms with Gasteiger partial charge in [-0.15, -0.1) is 0 Å². The Morgan fingerprint density at radius 2 is 1.86 bits per heavy atom. The van der Waals surface area contributed by atoms with Crippen molar-refractivity contribution in [1.29, 1.82) is 0 Å². The molecule has 0 saturated heterocycles. The van der Waals surface area contributed by atoms with Gasteiger partial charge in [0.15, 0.2) is 0 Å². The fourth-order valence-corrected chi connectivity index (χ4v) is 4.32. The second kappa shape index (κ2) is 6.15. The van der Waals surface area contributed by atoms with Crippen LogP contribution in [-0.2, 0) is 0 Å². The van der Waals surface area contributed by atoms with Gasteiger partial charge >= 0.3 is 0 Å². The maximum absolute atomic E-state index is 12.5. The van der Waals surface area contributed by atoms with E-state index in [0.717, 1.165) is 25.7 Å². The second-order valence-corrected chi connectivity index (χ2v) is 7.07. The summed E-state index contributed by atoms with van der Waals surface area (Å²) < 4.78 is 0. The fourth-order valence-electron chi connectivity index (χ4n) is 3.93. The number of amides is 1. The predicted octanol–water partition coefficient (Wildman–Crippen LogP) is 3.63. The Morgan fingerprint density at radius 1 is 1.19 bits per heavy atom. The maximum Gasteiger partial charge on any atom is 0.253 e. The number of rotatable bonds is 2. The van der Waals surface area contributed by atoms with Gasteiger partial charge in [-0.3, -0.25) is 4.79 Å². The highest BCUT2D eigenvalue weighted by molar-refractivity contribution is 6.43. The molecule has 0 spiro atoms. The Balaban J connectivity index is 1.77. The van der Waals surface area contributed by atoms with Crippen LogP contribution in [0, 0.1) is 11.8 Å². The smallest absolute Gasteiger partial charge is 0.253 e. The number of carbonyl (C=O) groups is 1. The van der Waals surface area contributed by atoms with Gasteiger partial charge in [0.05, 0.1) is 15.6 Å². The third kappa shape index (κ3) is 3.05. The lowest BCUT2D eigenvalue weighted by molar-refractivity contribution is 0.0756. The number of halogens is 2. The molecule has 2 saturated carbocycles. The lowest BCUT2D eigenvalue weighted by Gasteiger charge is -2.45. The van der Waals surface area contributed by atoms with Crippen molar-refractivity contribution in [3.8, 4) is 0 Å². The summed E-state index contributed by atoms with van der Waals surface area (Å²) in [7, 11) is 0. The average molecular weight is 327 g/mol. The Kier molecular flexibility index (Phi) is 4.43. The van der Waals surface area contributed by atoms with E-state index < -0.39 is 0 Å². The van der Waals surface area contributed by atoms with Crippen LogP contribution in [0.15, 0.2) is 18.2 Å². The molecule has 5 heteroatoms. The zero-order chi connectivity index (χ0) is 15.0. The van der Waals surface area contributed by atoms with Crippen LogP contribution in [0.2, 0.25) is 10.0 Å². The largest absolute Gasteiger partial charge is 0.349 e. The third-order valence-corrected chi connectivity index (χ3v) is 5.69. The Labute approximate surface area is 135 Å². The monoisotopic (exact) mass is 326 g/mol. The molecule has 2 unspecified atom stereocenters. The summed E-state index contributed by atoms with van der Waals surface area (Å²) in [6, 6.07) is 5.66. The number of hydrogen-bond acceptors (Lipinski definition) is 2. The summed E-state index contributed by atoms with van der Waals surface area (Å²) in [6.45, 7) is 0. The van der Waals surface area contributed by atoms with Gasteiger partial charge in [0, 0.05) is 12.1 Å². The van der Waals surface area contributed by atoms with E-state index in [1.807, 2.05) is 0 Å². The Morgan fingerprint density at radius 3 is 2.52 bits per heavy atom. The minimum Gasteiger partial charge on any atom is -0.349 e. The van der Waals surface area contributed by atoms with E-state index in [4.69, 9.17) is 28.9 Å². The van der Waals surface area contributed by atoms with Crippen LogP contribution in [0.5, 0.6) is 0 Å². The first-order valence-corrected chi connectivity index (χ1v) is 8.32. The van der Waals surface area contributed by atoms with Crippen LogP contribution in [-0.4, -0.2) is 18.0 Å². The average Bonchev–Trinajstić information content (AvgIpc) is 2.42. The van der Waals surface area contributed by atoms with E-state index >= 15 is 0 Å². The zero-order valence-electron chi connectivity index (χ0n) is 11.8. The van der Waals surface area contributed by atoms with Crippen LogP contribution in [0.25, 0.3) is 0 Å². The minimum atomic E-state index is -0.125. The molecule has 21 heavy (non-hydrogen) atoms. The summed E-state index contributed by atoms with van der Waals surface area (Å²) in [4.78, 5) is 12.5. The van der Waals surface area contributed by atoms with Gasteiger partial charge in [0.2, 0.25) is 0 Å². The highest BCUT2D eigenvalue weighted by atomic mass is 35.5. The normalized spacial score (nSPS) is 31.8. The van der Waals surface area contributed by atoms with Crippen LogP contribution in [0.1, 0.15) is 42.5 Å². The van der Waals surface area contributed by atoms with Crippen molar-refractivity contribution in [2.24, 2.45) is 17.6 Å².